The van der Waals surface area contributed by atoms with Crippen LogP contribution in [-0.2, 0) is 27.4 Å². The van der Waals surface area contributed by atoms with Crippen LogP contribution in [0, 0.1) is 5.82 Å². The molecule has 3 aromatic carbocycles. The molecule has 0 fully saturated rings. The Morgan fingerprint density at radius 1 is 1.06 bits per heavy atom. The highest BCUT2D eigenvalue weighted by atomic mass is 79.9. The SMILES string of the molecule is CC(=O)NC(C)c1cccc(-c2cc(Br)cc(COc3ccccc3CC(=O)OC(C)(C)C)c2)c1F. The summed E-state index contributed by atoms with van der Waals surface area (Å²) in [6, 6.07) is 17.6. The second kappa shape index (κ2) is 11.7. The maximum atomic E-state index is 15.4. The normalized spacial score (nSPS) is 12.1. The van der Waals surface area contributed by atoms with Gasteiger partial charge >= 0.3 is 5.97 Å². The molecule has 0 spiro atoms. The molecule has 190 valence electrons. The van der Waals surface area contributed by atoms with Crippen molar-refractivity contribution < 1.29 is 23.5 Å². The number of hydrogen-bond donors (Lipinski definition) is 1. The smallest absolute Gasteiger partial charge is 0.310 e. The van der Waals surface area contributed by atoms with Crippen molar-refractivity contribution in [2.75, 3.05) is 0 Å². The van der Waals surface area contributed by atoms with Crippen molar-refractivity contribution in [1.29, 1.82) is 0 Å². The summed E-state index contributed by atoms with van der Waals surface area (Å²) < 4.78 is 27.7. The summed E-state index contributed by atoms with van der Waals surface area (Å²) in [7, 11) is 0. The lowest BCUT2D eigenvalue weighted by Crippen LogP contribution is -2.25. The topological polar surface area (TPSA) is 64.6 Å². The third kappa shape index (κ3) is 7.65. The second-order valence-corrected chi connectivity index (χ2v) is 10.6. The van der Waals surface area contributed by atoms with E-state index in [1.807, 2.05) is 63.2 Å². The van der Waals surface area contributed by atoms with E-state index in [1.54, 1.807) is 25.1 Å². The molecule has 0 aliphatic heterocycles. The molecule has 0 bridgehead atoms. The number of esters is 1. The van der Waals surface area contributed by atoms with Crippen molar-refractivity contribution >= 4 is 27.8 Å². The van der Waals surface area contributed by atoms with Crippen molar-refractivity contribution in [3.05, 3.63) is 87.6 Å². The molecule has 36 heavy (non-hydrogen) atoms. The fourth-order valence-electron chi connectivity index (χ4n) is 3.86. The molecule has 3 aromatic rings. The first kappa shape index (κ1) is 27.4. The first-order valence-corrected chi connectivity index (χ1v) is 12.5. The Balaban J connectivity index is 1.82. The van der Waals surface area contributed by atoms with Gasteiger partial charge in [0.2, 0.25) is 5.91 Å². The number of carbonyl (C=O) groups is 2. The Labute approximate surface area is 220 Å². The molecule has 0 aliphatic carbocycles. The summed E-state index contributed by atoms with van der Waals surface area (Å²) >= 11 is 3.52. The zero-order valence-electron chi connectivity index (χ0n) is 21.2. The van der Waals surface area contributed by atoms with Gasteiger partial charge in [0.1, 0.15) is 23.8 Å². The van der Waals surface area contributed by atoms with Crippen molar-refractivity contribution in [3.8, 4) is 16.9 Å². The lowest BCUT2D eigenvalue weighted by atomic mass is 9.97. The zero-order valence-corrected chi connectivity index (χ0v) is 22.7. The van der Waals surface area contributed by atoms with E-state index < -0.39 is 11.6 Å². The highest BCUT2D eigenvalue weighted by molar-refractivity contribution is 9.10. The van der Waals surface area contributed by atoms with Crippen LogP contribution >= 0.6 is 15.9 Å². The Morgan fingerprint density at radius 3 is 2.47 bits per heavy atom. The number of benzene rings is 3. The van der Waals surface area contributed by atoms with E-state index in [0.29, 0.717) is 22.4 Å². The van der Waals surface area contributed by atoms with Crippen LogP contribution in [0.5, 0.6) is 5.75 Å². The molecule has 0 aromatic heterocycles. The first-order valence-electron chi connectivity index (χ1n) is 11.7. The Hall–Kier alpha value is -3.19. The van der Waals surface area contributed by atoms with Crippen LogP contribution in [0.15, 0.2) is 65.1 Å². The van der Waals surface area contributed by atoms with Gasteiger partial charge in [-0.05, 0) is 63.1 Å². The van der Waals surface area contributed by atoms with Crippen LogP contribution in [0.3, 0.4) is 0 Å². The average molecular weight is 556 g/mol. The van der Waals surface area contributed by atoms with E-state index in [2.05, 4.69) is 21.2 Å². The molecule has 7 heteroatoms. The number of ether oxygens (including phenoxy) is 2. The first-order chi connectivity index (χ1) is 16.9. The molecular weight excluding hydrogens is 525 g/mol. The lowest BCUT2D eigenvalue weighted by Gasteiger charge is -2.20. The maximum Gasteiger partial charge on any atom is 0.310 e. The maximum absolute atomic E-state index is 15.4. The fourth-order valence-corrected chi connectivity index (χ4v) is 4.40. The minimum Gasteiger partial charge on any atom is -0.489 e. The number of para-hydroxylation sites is 1. The van der Waals surface area contributed by atoms with Crippen molar-refractivity contribution in [2.45, 2.75) is 59.3 Å². The minimum atomic E-state index is -0.563. The molecule has 1 unspecified atom stereocenters. The molecule has 5 nitrogen and oxygen atoms in total. The van der Waals surface area contributed by atoms with E-state index in [9.17, 15) is 9.59 Å². The summed E-state index contributed by atoms with van der Waals surface area (Å²) in [5.74, 6) is -0.345. The third-order valence-corrected chi connectivity index (χ3v) is 5.76. The largest absolute Gasteiger partial charge is 0.489 e. The lowest BCUT2D eigenvalue weighted by molar-refractivity contribution is -0.154. The van der Waals surface area contributed by atoms with Crippen LogP contribution < -0.4 is 10.1 Å². The van der Waals surface area contributed by atoms with Gasteiger partial charge in [0.25, 0.3) is 0 Å². The zero-order chi connectivity index (χ0) is 26.5. The van der Waals surface area contributed by atoms with Gasteiger partial charge in [-0.2, -0.15) is 0 Å². The van der Waals surface area contributed by atoms with E-state index in [-0.39, 0.29) is 30.7 Å². The molecule has 1 N–H and O–H groups in total. The average Bonchev–Trinajstić information content (AvgIpc) is 2.76. The van der Waals surface area contributed by atoms with Crippen molar-refractivity contribution in [3.63, 3.8) is 0 Å². The van der Waals surface area contributed by atoms with Crippen molar-refractivity contribution in [1.82, 2.24) is 5.32 Å². The monoisotopic (exact) mass is 555 g/mol. The van der Waals surface area contributed by atoms with E-state index in [1.165, 1.54) is 6.92 Å². The molecule has 0 saturated heterocycles. The van der Waals surface area contributed by atoms with E-state index in [0.717, 1.165) is 15.6 Å². The summed E-state index contributed by atoms with van der Waals surface area (Å²) in [6.45, 7) is 8.87. The molecule has 0 heterocycles. The van der Waals surface area contributed by atoms with Gasteiger partial charge in [-0.25, -0.2) is 4.39 Å². The van der Waals surface area contributed by atoms with Crippen LogP contribution in [0.1, 0.15) is 57.4 Å². The number of nitrogens with one attached hydrogen (secondary N) is 1. The molecule has 0 aliphatic rings. The summed E-state index contributed by atoms with van der Waals surface area (Å²) in [5, 5.41) is 2.73. The fraction of sp³-hybridized carbons (Fsp3) is 0.310. The molecule has 0 saturated carbocycles. The Kier molecular flexibility index (Phi) is 8.90. The van der Waals surface area contributed by atoms with Gasteiger partial charge in [-0.15, -0.1) is 0 Å². The standard InChI is InChI=1S/C29H31BrFNO4/c1-18(32-19(2)33)24-10-8-11-25(28(24)31)22-13-20(14-23(30)15-22)17-35-26-12-7-6-9-21(26)16-27(34)36-29(3,4)5/h6-15,18H,16-17H2,1-5H3,(H,32,33). The third-order valence-electron chi connectivity index (χ3n) is 5.31. The quantitative estimate of drug-likeness (QED) is 0.306. The predicted octanol–water partition coefficient (Wildman–Crippen LogP) is 6.92. The highest BCUT2D eigenvalue weighted by Gasteiger charge is 2.19. The number of carbonyl (C=O) groups excluding carboxylic acids is 2. The minimum absolute atomic E-state index is 0.0989. The van der Waals surface area contributed by atoms with Crippen LogP contribution in [0.2, 0.25) is 0 Å². The van der Waals surface area contributed by atoms with Gasteiger partial charge < -0.3 is 14.8 Å². The van der Waals surface area contributed by atoms with Gasteiger partial charge in [0, 0.05) is 28.1 Å². The van der Waals surface area contributed by atoms with E-state index >= 15 is 4.39 Å². The van der Waals surface area contributed by atoms with Crippen molar-refractivity contribution in [2.24, 2.45) is 0 Å². The van der Waals surface area contributed by atoms with Gasteiger partial charge in [-0.3, -0.25) is 9.59 Å². The second-order valence-electron chi connectivity index (χ2n) is 9.64. The number of halogens is 2. The van der Waals surface area contributed by atoms with Gasteiger partial charge in [-0.1, -0.05) is 52.3 Å². The van der Waals surface area contributed by atoms with Crippen LogP contribution in [0.4, 0.5) is 4.39 Å². The van der Waals surface area contributed by atoms with Gasteiger partial charge in [0.05, 0.1) is 12.5 Å². The van der Waals surface area contributed by atoms with E-state index in [4.69, 9.17) is 9.47 Å². The van der Waals surface area contributed by atoms with Gasteiger partial charge in [0.15, 0.2) is 0 Å². The summed E-state index contributed by atoms with van der Waals surface area (Å²) in [6.07, 6.45) is 0.0989. The van der Waals surface area contributed by atoms with Crippen LogP contribution in [0.25, 0.3) is 11.1 Å². The Morgan fingerprint density at radius 2 is 1.78 bits per heavy atom. The highest BCUT2D eigenvalue weighted by Crippen LogP contribution is 2.31. The molecule has 0 radical (unpaired) electrons. The molecule has 1 amide bonds. The molecule has 1 atom stereocenters. The number of hydrogen-bond acceptors (Lipinski definition) is 4. The number of amides is 1. The number of rotatable bonds is 8. The molecule has 3 rings (SSSR count). The van der Waals surface area contributed by atoms with Crippen LogP contribution in [-0.4, -0.2) is 17.5 Å². The molecular formula is C29H31BrFNO4. The summed E-state index contributed by atoms with van der Waals surface area (Å²) in [4.78, 5) is 23.8. The summed E-state index contributed by atoms with van der Waals surface area (Å²) in [5.41, 5.74) is 2.51. The Bertz CT molecular complexity index is 1250. The predicted molar refractivity (Wildman–Crippen MR) is 142 cm³/mol.